The number of carbonyl (C=O) groups excluding carboxylic acids is 2. The minimum absolute atomic E-state index is 0.170. The molecule has 1 unspecified atom stereocenters. The second kappa shape index (κ2) is 8.88. The SMILES string of the molecule is CC(C)(C)C1CCc2c(sc(NC(=O)c3cccs3)c2C(=O)Nc2ccccc2Br)C1. The summed E-state index contributed by atoms with van der Waals surface area (Å²) in [6.07, 6.45) is 2.83. The van der Waals surface area contributed by atoms with Crippen LogP contribution in [0.1, 0.15) is 57.7 Å². The lowest BCUT2D eigenvalue weighted by Gasteiger charge is -2.33. The Morgan fingerprint density at radius 1 is 1.06 bits per heavy atom. The number of hydrogen-bond donors (Lipinski definition) is 2. The maximum atomic E-state index is 13.4. The molecule has 2 N–H and O–H groups in total. The van der Waals surface area contributed by atoms with Gasteiger partial charge >= 0.3 is 0 Å². The summed E-state index contributed by atoms with van der Waals surface area (Å²) in [6.45, 7) is 6.82. The van der Waals surface area contributed by atoms with E-state index in [1.165, 1.54) is 16.2 Å². The summed E-state index contributed by atoms with van der Waals surface area (Å²) in [7, 11) is 0. The van der Waals surface area contributed by atoms with Crippen LogP contribution in [-0.4, -0.2) is 11.8 Å². The van der Waals surface area contributed by atoms with E-state index in [1.54, 1.807) is 17.4 Å². The van der Waals surface area contributed by atoms with Gasteiger partial charge in [0.25, 0.3) is 11.8 Å². The summed E-state index contributed by atoms with van der Waals surface area (Å²) in [5.74, 6) is 0.203. The molecular formula is C24H25BrN2O2S2. The molecule has 0 saturated heterocycles. The fourth-order valence-corrected chi connectivity index (χ4v) is 6.30. The summed E-state index contributed by atoms with van der Waals surface area (Å²) in [4.78, 5) is 28.0. The average Bonchev–Trinajstić information content (AvgIpc) is 3.36. The zero-order valence-electron chi connectivity index (χ0n) is 17.8. The van der Waals surface area contributed by atoms with E-state index in [0.717, 1.165) is 29.3 Å². The van der Waals surface area contributed by atoms with Crippen molar-refractivity contribution in [3.63, 3.8) is 0 Å². The molecule has 4 nitrogen and oxygen atoms in total. The largest absolute Gasteiger partial charge is 0.321 e. The molecule has 0 radical (unpaired) electrons. The van der Waals surface area contributed by atoms with E-state index in [2.05, 4.69) is 47.3 Å². The summed E-state index contributed by atoms with van der Waals surface area (Å²) >= 11 is 6.44. The van der Waals surface area contributed by atoms with Crippen molar-refractivity contribution in [2.45, 2.75) is 40.0 Å². The number of anilines is 2. The fraction of sp³-hybridized carbons (Fsp3) is 0.333. The van der Waals surface area contributed by atoms with E-state index in [-0.39, 0.29) is 17.2 Å². The van der Waals surface area contributed by atoms with Crippen molar-refractivity contribution in [3.05, 3.63) is 67.1 Å². The summed E-state index contributed by atoms with van der Waals surface area (Å²) in [5.41, 5.74) is 2.61. The number of hydrogen-bond acceptors (Lipinski definition) is 4. The molecular weight excluding hydrogens is 492 g/mol. The van der Waals surface area contributed by atoms with Gasteiger partial charge in [0.2, 0.25) is 0 Å². The van der Waals surface area contributed by atoms with E-state index in [0.29, 0.717) is 27.0 Å². The number of thiophene rings is 2. The predicted molar refractivity (Wildman–Crippen MR) is 134 cm³/mol. The zero-order valence-corrected chi connectivity index (χ0v) is 21.0. The second-order valence-corrected chi connectivity index (χ2v) is 11.8. The van der Waals surface area contributed by atoms with Gasteiger partial charge in [-0.05, 0) is 75.7 Å². The molecule has 2 aromatic heterocycles. The Bertz CT molecular complexity index is 1110. The second-order valence-electron chi connectivity index (χ2n) is 8.88. The van der Waals surface area contributed by atoms with E-state index in [1.807, 2.05) is 35.7 Å². The van der Waals surface area contributed by atoms with Crippen molar-refractivity contribution in [1.82, 2.24) is 0 Å². The van der Waals surface area contributed by atoms with Gasteiger partial charge < -0.3 is 10.6 Å². The Balaban J connectivity index is 1.69. The molecule has 162 valence electrons. The Labute approximate surface area is 199 Å². The van der Waals surface area contributed by atoms with Crippen molar-refractivity contribution >= 4 is 61.1 Å². The van der Waals surface area contributed by atoms with Gasteiger partial charge in [0.15, 0.2) is 0 Å². The summed E-state index contributed by atoms with van der Waals surface area (Å²) in [5, 5.41) is 8.57. The van der Waals surface area contributed by atoms with Crippen LogP contribution in [0.5, 0.6) is 0 Å². The van der Waals surface area contributed by atoms with Crippen LogP contribution in [0.4, 0.5) is 10.7 Å². The van der Waals surface area contributed by atoms with E-state index < -0.39 is 0 Å². The lowest BCUT2D eigenvalue weighted by Crippen LogP contribution is -2.27. The van der Waals surface area contributed by atoms with Gasteiger partial charge in [-0.15, -0.1) is 22.7 Å². The molecule has 31 heavy (non-hydrogen) atoms. The van der Waals surface area contributed by atoms with Crippen LogP contribution in [0.15, 0.2) is 46.3 Å². The molecule has 0 aliphatic heterocycles. The quantitative estimate of drug-likeness (QED) is 0.384. The van der Waals surface area contributed by atoms with Crippen LogP contribution in [0.3, 0.4) is 0 Å². The standard InChI is InChI=1S/C24H25BrN2O2S2/c1-24(2,3)14-10-11-15-19(13-14)31-23(27-21(28)18-9-6-12-30-18)20(15)22(29)26-17-8-5-4-7-16(17)25/h4-9,12,14H,10-11,13H2,1-3H3,(H,26,29)(H,27,28). The molecule has 1 aromatic carbocycles. The Morgan fingerprint density at radius 3 is 2.52 bits per heavy atom. The number of rotatable bonds is 4. The number of fused-ring (bicyclic) bond motifs is 1. The molecule has 0 saturated carbocycles. The summed E-state index contributed by atoms with van der Waals surface area (Å²) < 4.78 is 0.824. The number of benzene rings is 1. The van der Waals surface area contributed by atoms with Crippen LogP contribution in [0, 0.1) is 11.3 Å². The number of para-hydroxylation sites is 1. The zero-order chi connectivity index (χ0) is 22.2. The molecule has 3 aromatic rings. The first-order valence-corrected chi connectivity index (χ1v) is 12.8. The highest BCUT2D eigenvalue weighted by molar-refractivity contribution is 9.10. The van der Waals surface area contributed by atoms with Crippen molar-refractivity contribution in [1.29, 1.82) is 0 Å². The molecule has 2 heterocycles. The van der Waals surface area contributed by atoms with Crippen LogP contribution >= 0.6 is 38.6 Å². The maximum Gasteiger partial charge on any atom is 0.266 e. The molecule has 1 atom stereocenters. The predicted octanol–water partition coefficient (Wildman–Crippen LogP) is 7.23. The van der Waals surface area contributed by atoms with Crippen LogP contribution < -0.4 is 10.6 Å². The minimum atomic E-state index is -0.180. The molecule has 2 amide bonds. The highest BCUT2D eigenvalue weighted by atomic mass is 79.9. The van der Waals surface area contributed by atoms with Gasteiger partial charge in [0.05, 0.1) is 16.1 Å². The molecule has 7 heteroatoms. The van der Waals surface area contributed by atoms with Crippen molar-refractivity contribution in [2.24, 2.45) is 11.3 Å². The molecule has 0 fully saturated rings. The third-order valence-corrected chi connectivity index (χ3v) is 8.54. The Hall–Kier alpha value is -1.96. The normalized spacial score (nSPS) is 15.9. The van der Waals surface area contributed by atoms with Gasteiger partial charge in [0, 0.05) is 9.35 Å². The lowest BCUT2D eigenvalue weighted by atomic mass is 9.72. The molecule has 1 aliphatic carbocycles. The third kappa shape index (κ3) is 4.78. The number of halogens is 1. The number of nitrogens with one attached hydrogen (secondary N) is 2. The van der Waals surface area contributed by atoms with Crippen molar-refractivity contribution < 1.29 is 9.59 Å². The first kappa shape index (κ1) is 22.2. The molecule has 0 bridgehead atoms. The Morgan fingerprint density at radius 2 is 1.84 bits per heavy atom. The smallest absolute Gasteiger partial charge is 0.266 e. The van der Waals surface area contributed by atoms with Crippen molar-refractivity contribution in [2.75, 3.05) is 10.6 Å². The van der Waals surface area contributed by atoms with E-state index in [9.17, 15) is 9.59 Å². The fourth-order valence-electron chi connectivity index (χ4n) is 3.97. The monoisotopic (exact) mass is 516 g/mol. The highest BCUT2D eigenvalue weighted by Gasteiger charge is 2.34. The van der Waals surface area contributed by atoms with Crippen LogP contribution in [0.25, 0.3) is 0 Å². The van der Waals surface area contributed by atoms with Crippen LogP contribution in [-0.2, 0) is 12.8 Å². The first-order valence-electron chi connectivity index (χ1n) is 10.3. The van der Waals surface area contributed by atoms with E-state index >= 15 is 0 Å². The average molecular weight is 518 g/mol. The van der Waals surface area contributed by atoms with Crippen molar-refractivity contribution in [3.8, 4) is 0 Å². The minimum Gasteiger partial charge on any atom is -0.321 e. The van der Waals surface area contributed by atoms with Gasteiger partial charge in [-0.3, -0.25) is 9.59 Å². The van der Waals surface area contributed by atoms with E-state index in [4.69, 9.17) is 0 Å². The number of carbonyl (C=O) groups is 2. The van der Waals surface area contributed by atoms with Gasteiger partial charge in [-0.1, -0.05) is 39.0 Å². The molecule has 4 rings (SSSR count). The van der Waals surface area contributed by atoms with Gasteiger partial charge in [-0.2, -0.15) is 0 Å². The van der Waals surface area contributed by atoms with Gasteiger partial charge in [-0.25, -0.2) is 0 Å². The Kier molecular flexibility index (Phi) is 6.37. The lowest BCUT2D eigenvalue weighted by molar-refractivity contribution is 0.102. The number of amides is 2. The van der Waals surface area contributed by atoms with Gasteiger partial charge in [0.1, 0.15) is 5.00 Å². The third-order valence-electron chi connectivity index (χ3n) is 5.81. The maximum absolute atomic E-state index is 13.4. The van der Waals surface area contributed by atoms with Crippen LogP contribution in [0.2, 0.25) is 0 Å². The highest BCUT2D eigenvalue weighted by Crippen LogP contribution is 2.44. The molecule has 1 aliphatic rings. The molecule has 0 spiro atoms. The summed E-state index contributed by atoms with van der Waals surface area (Å²) in [6, 6.07) is 11.2. The topological polar surface area (TPSA) is 58.2 Å². The first-order chi connectivity index (χ1) is 14.7.